The summed E-state index contributed by atoms with van der Waals surface area (Å²) >= 11 is 0. The molecule has 2 aromatic rings. The van der Waals surface area contributed by atoms with Gasteiger partial charge in [0.1, 0.15) is 5.75 Å². The highest BCUT2D eigenvalue weighted by atomic mass is 16.5. The Balaban J connectivity index is 2.04. The highest BCUT2D eigenvalue weighted by Gasteiger charge is 2.16. The number of carbonyl (C=O) groups is 1. The Morgan fingerprint density at radius 1 is 1.05 bits per heavy atom. The van der Waals surface area contributed by atoms with E-state index in [1.807, 2.05) is 54.6 Å². The monoisotopic (exact) mass is 254 g/mol. The zero-order valence-corrected chi connectivity index (χ0v) is 11.3. The third kappa shape index (κ3) is 3.44. The van der Waals surface area contributed by atoms with Crippen LogP contribution in [0.5, 0.6) is 5.75 Å². The molecular weight excluding hydrogens is 236 g/mol. The van der Waals surface area contributed by atoms with Crippen molar-refractivity contribution >= 4 is 5.78 Å². The summed E-state index contributed by atoms with van der Waals surface area (Å²) in [7, 11) is 0. The van der Waals surface area contributed by atoms with Crippen molar-refractivity contribution in [3.8, 4) is 5.75 Å². The van der Waals surface area contributed by atoms with Gasteiger partial charge < -0.3 is 4.74 Å². The fourth-order valence-corrected chi connectivity index (χ4v) is 1.90. The van der Waals surface area contributed by atoms with E-state index in [0.29, 0.717) is 5.56 Å². The molecule has 0 saturated carbocycles. The molecule has 0 aliphatic heterocycles. The molecule has 2 nitrogen and oxygen atoms in total. The van der Waals surface area contributed by atoms with Gasteiger partial charge in [0.05, 0.1) is 0 Å². The first-order chi connectivity index (χ1) is 9.20. The minimum absolute atomic E-state index is 0.000156. The Labute approximate surface area is 114 Å². The number of aryl methyl sites for hydroxylation is 1. The lowest BCUT2D eigenvalue weighted by Crippen LogP contribution is -2.23. The van der Waals surface area contributed by atoms with Crippen LogP contribution < -0.4 is 4.74 Å². The topological polar surface area (TPSA) is 26.3 Å². The molecule has 1 unspecified atom stereocenters. The molecular formula is C17H18O2. The SMILES string of the molecule is CCc1ccc(OC(C)C(=O)c2ccccc2)cc1. The lowest BCUT2D eigenvalue weighted by Gasteiger charge is -2.14. The van der Waals surface area contributed by atoms with Gasteiger partial charge in [0.2, 0.25) is 5.78 Å². The second-order valence-electron chi connectivity index (χ2n) is 4.49. The number of benzene rings is 2. The molecule has 98 valence electrons. The molecule has 0 aromatic heterocycles. The summed E-state index contributed by atoms with van der Waals surface area (Å²) < 4.78 is 5.68. The van der Waals surface area contributed by atoms with Gasteiger partial charge in [-0.2, -0.15) is 0 Å². The molecule has 0 N–H and O–H groups in total. The van der Waals surface area contributed by atoms with Crippen LogP contribution in [-0.4, -0.2) is 11.9 Å². The van der Waals surface area contributed by atoms with Crippen molar-refractivity contribution < 1.29 is 9.53 Å². The summed E-state index contributed by atoms with van der Waals surface area (Å²) in [6, 6.07) is 17.1. The smallest absolute Gasteiger partial charge is 0.202 e. The first-order valence-electron chi connectivity index (χ1n) is 6.55. The average Bonchev–Trinajstić information content (AvgIpc) is 2.48. The number of hydrogen-bond acceptors (Lipinski definition) is 2. The van der Waals surface area contributed by atoms with Gasteiger partial charge in [-0.05, 0) is 31.0 Å². The average molecular weight is 254 g/mol. The summed E-state index contributed by atoms with van der Waals surface area (Å²) in [4.78, 5) is 12.1. The molecule has 0 spiro atoms. The molecule has 19 heavy (non-hydrogen) atoms. The number of ether oxygens (including phenoxy) is 1. The molecule has 0 aliphatic rings. The maximum atomic E-state index is 12.1. The lowest BCUT2D eigenvalue weighted by molar-refractivity contribution is 0.0818. The second kappa shape index (κ2) is 6.19. The van der Waals surface area contributed by atoms with Gasteiger partial charge in [0.15, 0.2) is 6.10 Å². The molecule has 2 aromatic carbocycles. The molecule has 0 bridgehead atoms. The van der Waals surface area contributed by atoms with Crippen LogP contribution in [0.4, 0.5) is 0 Å². The predicted octanol–water partition coefficient (Wildman–Crippen LogP) is 3.90. The Morgan fingerprint density at radius 2 is 1.68 bits per heavy atom. The van der Waals surface area contributed by atoms with Gasteiger partial charge >= 0.3 is 0 Å². The number of hydrogen-bond donors (Lipinski definition) is 0. The Hall–Kier alpha value is -2.09. The first-order valence-corrected chi connectivity index (χ1v) is 6.55. The van der Waals surface area contributed by atoms with Crippen molar-refractivity contribution in [1.82, 2.24) is 0 Å². The van der Waals surface area contributed by atoms with Crippen molar-refractivity contribution in [2.75, 3.05) is 0 Å². The van der Waals surface area contributed by atoms with Crippen LogP contribution in [-0.2, 0) is 6.42 Å². The Bertz CT molecular complexity index is 529. The van der Waals surface area contributed by atoms with E-state index in [4.69, 9.17) is 4.74 Å². The minimum atomic E-state index is -0.477. The number of carbonyl (C=O) groups excluding carboxylic acids is 1. The largest absolute Gasteiger partial charge is 0.483 e. The zero-order chi connectivity index (χ0) is 13.7. The quantitative estimate of drug-likeness (QED) is 0.756. The fraction of sp³-hybridized carbons (Fsp3) is 0.235. The van der Waals surface area contributed by atoms with E-state index >= 15 is 0 Å². The molecule has 0 heterocycles. The summed E-state index contributed by atoms with van der Waals surface area (Å²) in [5.41, 5.74) is 1.94. The van der Waals surface area contributed by atoms with Gasteiger partial charge in [-0.15, -0.1) is 0 Å². The van der Waals surface area contributed by atoms with Crippen molar-refractivity contribution in [3.05, 3.63) is 65.7 Å². The minimum Gasteiger partial charge on any atom is -0.483 e. The van der Waals surface area contributed by atoms with E-state index in [1.165, 1.54) is 5.56 Å². The molecule has 0 amide bonds. The first kappa shape index (κ1) is 13.3. The molecule has 0 aliphatic carbocycles. The number of Topliss-reactive ketones (excluding diaryl/α,β-unsaturated/α-hetero) is 1. The van der Waals surface area contributed by atoms with E-state index < -0.39 is 6.10 Å². The predicted molar refractivity (Wildman–Crippen MR) is 76.7 cm³/mol. The van der Waals surface area contributed by atoms with Crippen LogP contribution in [0.2, 0.25) is 0 Å². The van der Waals surface area contributed by atoms with Gasteiger partial charge in [0.25, 0.3) is 0 Å². The molecule has 0 radical (unpaired) electrons. The molecule has 0 saturated heterocycles. The van der Waals surface area contributed by atoms with Crippen molar-refractivity contribution in [1.29, 1.82) is 0 Å². The van der Waals surface area contributed by atoms with Crippen molar-refractivity contribution in [2.45, 2.75) is 26.4 Å². The zero-order valence-electron chi connectivity index (χ0n) is 11.3. The highest BCUT2D eigenvalue weighted by molar-refractivity contribution is 5.99. The maximum absolute atomic E-state index is 12.1. The summed E-state index contributed by atoms with van der Waals surface area (Å²) in [6.45, 7) is 3.89. The maximum Gasteiger partial charge on any atom is 0.202 e. The van der Waals surface area contributed by atoms with Gasteiger partial charge in [0, 0.05) is 5.56 Å². The molecule has 2 heteroatoms. The van der Waals surface area contributed by atoms with E-state index in [1.54, 1.807) is 6.92 Å². The second-order valence-corrected chi connectivity index (χ2v) is 4.49. The summed E-state index contributed by atoms with van der Waals surface area (Å²) in [5, 5.41) is 0. The summed E-state index contributed by atoms with van der Waals surface area (Å²) in [6.07, 6.45) is 0.522. The third-order valence-corrected chi connectivity index (χ3v) is 3.07. The highest BCUT2D eigenvalue weighted by Crippen LogP contribution is 2.16. The third-order valence-electron chi connectivity index (χ3n) is 3.07. The van der Waals surface area contributed by atoms with Crippen molar-refractivity contribution in [3.63, 3.8) is 0 Å². The molecule has 2 rings (SSSR count). The van der Waals surface area contributed by atoms with Crippen LogP contribution in [0.25, 0.3) is 0 Å². The van der Waals surface area contributed by atoms with E-state index in [2.05, 4.69) is 6.92 Å². The van der Waals surface area contributed by atoms with Gasteiger partial charge in [-0.1, -0.05) is 49.4 Å². The number of rotatable bonds is 5. The fourth-order valence-electron chi connectivity index (χ4n) is 1.90. The number of ketones is 1. The summed E-state index contributed by atoms with van der Waals surface area (Å²) in [5.74, 6) is 0.731. The van der Waals surface area contributed by atoms with E-state index in [-0.39, 0.29) is 5.78 Å². The van der Waals surface area contributed by atoms with Crippen LogP contribution in [0.1, 0.15) is 29.8 Å². The van der Waals surface area contributed by atoms with E-state index in [9.17, 15) is 4.79 Å². The Morgan fingerprint density at radius 3 is 2.26 bits per heavy atom. The van der Waals surface area contributed by atoms with Crippen LogP contribution >= 0.6 is 0 Å². The van der Waals surface area contributed by atoms with Gasteiger partial charge in [-0.25, -0.2) is 0 Å². The lowest BCUT2D eigenvalue weighted by atomic mass is 10.1. The normalized spacial score (nSPS) is 11.9. The van der Waals surface area contributed by atoms with Crippen LogP contribution in [0, 0.1) is 0 Å². The standard InChI is InChI=1S/C17H18O2/c1-3-14-9-11-16(12-10-14)19-13(2)17(18)15-7-5-4-6-8-15/h4-13H,3H2,1-2H3. The molecule has 1 atom stereocenters. The molecule has 0 fully saturated rings. The van der Waals surface area contributed by atoms with Crippen molar-refractivity contribution in [2.24, 2.45) is 0 Å². The van der Waals surface area contributed by atoms with Crippen LogP contribution in [0.15, 0.2) is 54.6 Å². The Kier molecular flexibility index (Phi) is 4.35. The van der Waals surface area contributed by atoms with E-state index in [0.717, 1.165) is 12.2 Å². The van der Waals surface area contributed by atoms with Gasteiger partial charge in [-0.3, -0.25) is 4.79 Å². The van der Waals surface area contributed by atoms with Crippen LogP contribution in [0.3, 0.4) is 0 Å².